The Hall–Kier alpha value is -3.49. The first-order valence-corrected chi connectivity index (χ1v) is 20.2. The first kappa shape index (κ1) is 37.3. The Morgan fingerprint density at radius 1 is 0.458 bits per heavy atom. The van der Waals surface area contributed by atoms with Gasteiger partial charge in [-0.15, -0.1) is 0 Å². The molecule has 256 valence electrons. The molecule has 5 heteroatoms. The van der Waals surface area contributed by atoms with Crippen LogP contribution in [0.25, 0.3) is 0 Å². The van der Waals surface area contributed by atoms with Crippen molar-refractivity contribution < 1.29 is 19.1 Å². The van der Waals surface area contributed by atoms with Gasteiger partial charge in [0.1, 0.15) is 23.2 Å². The van der Waals surface area contributed by atoms with Crippen LogP contribution in [0.4, 0.5) is 0 Å². The molecule has 0 amide bonds. The number of carbonyl (C=O) groups excluding carboxylic acids is 2. The molecule has 0 aromatic heterocycles. The molecule has 0 spiro atoms. The highest BCUT2D eigenvalue weighted by molar-refractivity contribution is 7.95. The third-order valence-corrected chi connectivity index (χ3v) is 14.4. The SMILES string of the molecule is COC1=C(OC)C(=O)C(CCCCCCCCCCCCCCCC[P+](c2ccccc2)(c2ccccc2)c2ccccc2)=C(C)C1=O. The van der Waals surface area contributed by atoms with Gasteiger partial charge in [0.05, 0.1) is 20.4 Å². The summed E-state index contributed by atoms with van der Waals surface area (Å²) in [6.07, 6.45) is 19.4. The van der Waals surface area contributed by atoms with Crippen LogP contribution in [0.1, 0.15) is 103 Å². The molecule has 0 N–H and O–H groups in total. The van der Waals surface area contributed by atoms with Crippen LogP contribution in [0.15, 0.2) is 114 Å². The van der Waals surface area contributed by atoms with Crippen LogP contribution in [0, 0.1) is 0 Å². The summed E-state index contributed by atoms with van der Waals surface area (Å²) in [5, 5.41) is 4.47. The van der Waals surface area contributed by atoms with Crippen molar-refractivity contribution in [2.75, 3.05) is 20.4 Å². The Balaban J connectivity index is 1.08. The molecule has 48 heavy (non-hydrogen) atoms. The number of rotatable bonds is 22. The number of hydrogen-bond acceptors (Lipinski definition) is 4. The summed E-state index contributed by atoms with van der Waals surface area (Å²) in [6, 6.07) is 33.8. The number of ketones is 2. The number of unbranched alkanes of at least 4 members (excludes halogenated alkanes) is 13. The fraction of sp³-hybridized carbons (Fsp3) is 0.442. The molecule has 0 saturated heterocycles. The molecule has 0 fully saturated rings. The molecule has 0 radical (unpaired) electrons. The lowest BCUT2D eigenvalue weighted by Crippen LogP contribution is -2.33. The number of methoxy groups -OCH3 is 2. The van der Waals surface area contributed by atoms with Gasteiger partial charge in [-0.1, -0.05) is 125 Å². The standard InChI is InChI=1S/C43H56O4P/c1-35-39(41(45)43(47-3)42(46-2)40(35)44)33-25-14-12-10-8-6-4-5-7-9-11-13-15-26-34-48(36-27-19-16-20-28-36,37-29-21-17-22-30-37)38-31-23-18-24-32-38/h16-24,27-32H,4-15,25-26,33-34H2,1-3H3/q+1. The Labute approximate surface area is 290 Å². The minimum atomic E-state index is -1.70. The number of benzene rings is 3. The van der Waals surface area contributed by atoms with Crippen molar-refractivity contribution in [1.82, 2.24) is 0 Å². The van der Waals surface area contributed by atoms with Crippen molar-refractivity contribution in [1.29, 1.82) is 0 Å². The number of carbonyl (C=O) groups is 2. The van der Waals surface area contributed by atoms with E-state index in [9.17, 15) is 9.59 Å². The second-order valence-electron chi connectivity index (χ2n) is 13.1. The van der Waals surface area contributed by atoms with E-state index in [2.05, 4.69) is 91.0 Å². The average Bonchev–Trinajstić information content (AvgIpc) is 3.13. The van der Waals surface area contributed by atoms with Gasteiger partial charge in [-0.3, -0.25) is 9.59 Å². The molecular weight excluding hydrogens is 611 g/mol. The number of hydrogen-bond donors (Lipinski definition) is 0. The zero-order chi connectivity index (χ0) is 34.0. The van der Waals surface area contributed by atoms with Gasteiger partial charge in [-0.2, -0.15) is 0 Å². The van der Waals surface area contributed by atoms with E-state index in [0.29, 0.717) is 17.6 Å². The van der Waals surface area contributed by atoms with Crippen LogP contribution in [0.2, 0.25) is 0 Å². The van der Waals surface area contributed by atoms with E-state index >= 15 is 0 Å². The molecule has 1 aliphatic carbocycles. The third kappa shape index (κ3) is 9.79. The summed E-state index contributed by atoms with van der Waals surface area (Å²) < 4.78 is 10.3. The van der Waals surface area contributed by atoms with Crippen molar-refractivity contribution in [3.63, 3.8) is 0 Å². The van der Waals surface area contributed by atoms with E-state index in [0.717, 1.165) is 12.8 Å². The topological polar surface area (TPSA) is 52.6 Å². The minimum absolute atomic E-state index is 0.0219. The lowest BCUT2D eigenvalue weighted by molar-refractivity contribution is -0.121. The molecule has 0 bridgehead atoms. The first-order valence-electron chi connectivity index (χ1n) is 18.2. The second-order valence-corrected chi connectivity index (χ2v) is 16.7. The van der Waals surface area contributed by atoms with E-state index in [1.807, 2.05) is 0 Å². The Morgan fingerprint density at radius 2 is 0.792 bits per heavy atom. The van der Waals surface area contributed by atoms with Crippen LogP contribution in [0.5, 0.6) is 0 Å². The summed E-state index contributed by atoms with van der Waals surface area (Å²) in [7, 11) is 1.11. The quantitative estimate of drug-likeness (QED) is 0.0608. The smallest absolute Gasteiger partial charge is 0.228 e. The molecule has 0 saturated carbocycles. The Morgan fingerprint density at radius 3 is 1.17 bits per heavy atom. The Kier molecular flexibility index (Phi) is 15.6. The van der Waals surface area contributed by atoms with Crippen LogP contribution >= 0.6 is 7.26 Å². The van der Waals surface area contributed by atoms with E-state index in [-0.39, 0.29) is 23.1 Å². The molecule has 1 aliphatic rings. The van der Waals surface area contributed by atoms with E-state index in [1.54, 1.807) is 6.92 Å². The molecule has 4 rings (SSSR count). The summed E-state index contributed by atoms with van der Waals surface area (Å²) in [5.41, 5.74) is 1.08. The zero-order valence-corrected chi connectivity index (χ0v) is 30.4. The van der Waals surface area contributed by atoms with E-state index in [1.165, 1.54) is 113 Å². The van der Waals surface area contributed by atoms with Gasteiger partial charge in [0.2, 0.25) is 23.1 Å². The molecule has 0 unspecified atom stereocenters. The van der Waals surface area contributed by atoms with Crippen LogP contribution in [0.3, 0.4) is 0 Å². The summed E-state index contributed by atoms with van der Waals surface area (Å²) in [6.45, 7) is 1.72. The molecular formula is C43H56O4P+. The van der Waals surface area contributed by atoms with Crippen molar-refractivity contribution in [2.24, 2.45) is 0 Å². The maximum Gasteiger partial charge on any atom is 0.228 e. The lowest BCUT2D eigenvalue weighted by Gasteiger charge is -2.27. The van der Waals surface area contributed by atoms with Crippen molar-refractivity contribution in [3.8, 4) is 0 Å². The molecule has 4 nitrogen and oxygen atoms in total. The van der Waals surface area contributed by atoms with Gasteiger partial charge in [0.25, 0.3) is 0 Å². The first-order chi connectivity index (χ1) is 23.5. The third-order valence-electron chi connectivity index (χ3n) is 9.86. The highest BCUT2D eigenvalue weighted by atomic mass is 31.2. The zero-order valence-electron chi connectivity index (χ0n) is 29.6. The van der Waals surface area contributed by atoms with Gasteiger partial charge < -0.3 is 9.47 Å². The van der Waals surface area contributed by atoms with E-state index < -0.39 is 7.26 Å². The predicted octanol–water partition coefficient (Wildman–Crippen LogP) is 9.80. The lowest BCUT2D eigenvalue weighted by atomic mass is 9.89. The minimum Gasteiger partial charge on any atom is -0.489 e. The van der Waals surface area contributed by atoms with Crippen molar-refractivity contribution >= 4 is 34.7 Å². The van der Waals surface area contributed by atoms with Gasteiger partial charge in [-0.25, -0.2) is 0 Å². The predicted molar refractivity (Wildman–Crippen MR) is 203 cm³/mol. The molecule has 3 aromatic carbocycles. The van der Waals surface area contributed by atoms with Crippen molar-refractivity contribution in [3.05, 3.63) is 114 Å². The molecule has 0 atom stereocenters. The van der Waals surface area contributed by atoms with Crippen LogP contribution in [-0.4, -0.2) is 31.9 Å². The number of allylic oxidation sites excluding steroid dienone is 2. The van der Waals surface area contributed by atoms with Crippen LogP contribution in [-0.2, 0) is 19.1 Å². The van der Waals surface area contributed by atoms with Crippen LogP contribution < -0.4 is 15.9 Å². The monoisotopic (exact) mass is 667 g/mol. The summed E-state index contributed by atoms with van der Waals surface area (Å²) in [5.74, 6) is -0.382. The maximum absolute atomic E-state index is 12.8. The fourth-order valence-electron chi connectivity index (χ4n) is 7.15. The van der Waals surface area contributed by atoms with Gasteiger partial charge in [0.15, 0.2) is 0 Å². The van der Waals surface area contributed by atoms with E-state index in [4.69, 9.17) is 9.47 Å². The molecule has 0 aliphatic heterocycles. The maximum atomic E-state index is 12.8. The van der Waals surface area contributed by atoms with Crippen molar-refractivity contribution in [2.45, 2.75) is 103 Å². The number of Topliss-reactive ketones (excluding diaryl/α,β-unsaturated/α-hetero) is 2. The number of ether oxygens (including phenoxy) is 2. The highest BCUT2D eigenvalue weighted by Gasteiger charge is 2.44. The van der Waals surface area contributed by atoms with Gasteiger partial charge in [-0.05, 0) is 69.0 Å². The molecule has 0 heterocycles. The Bertz CT molecular complexity index is 1380. The summed E-state index contributed by atoms with van der Waals surface area (Å²) in [4.78, 5) is 25.3. The average molecular weight is 668 g/mol. The largest absolute Gasteiger partial charge is 0.489 e. The summed E-state index contributed by atoms with van der Waals surface area (Å²) >= 11 is 0. The normalized spacial score (nSPS) is 13.7. The fourth-order valence-corrected chi connectivity index (χ4v) is 11.6. The van der Waals surface area contributed by atoms with Gasteiger partial charge in [0, 0.05) is 11.1 Å². The van der Waals surface area contributed by atoms with Gasteiger partial charge >= 0.3 is 0 Å². The second kappa shape index (κ2) is 20.1. The highest BCUT2D eigenvalue weighted by Crippen LogP contribution is 2.56. The molecule has 3 aromatic rings.